The van der Waals surface area contributed by atoms with E-state index in [9.17, 15) is 9.59 Å². The Balaban J connectivity index is 2.46. The van der Waals surface area contributed by atoms with Crippen molar-refractivity contribution in [3.05, 3.63) is 29.8 Å². The van der Waals surface area contributed by atoms with Gasteiger partial charge in [-0.3, -0.25) is 9.59 Å². The molecular formula is C18H27NO4. The fraction of sp³-hybridized carbons (Fsp3) is 0.556. The number of hydrogen-bond acceptors (Lipinski definition) is 3. The Bertz CT molecular complexity index is 506. The summed E-state index contributed by atoms with van der Waals surface area (Å²) < 4.78 is 5.11. The lowest BCUT2D eigenvalue weighted by Gasteiger charge is -2.31. The quantitative estimate of drug-likeness (QED) is 0.694. The van der Waals surface area contributed by atoms with Crippen LogP contribution in [0.4, 0.5) is 0 Å². The number of aliphatic carboxylic acids is 1. The summed E-state index contributed by atoms with van der Waals surface area (Å²) in [7, 11) is 1.63. The van der Waals surface area contributed by atoms with Gasteiger partial charge in [0.15, 0.2) is 0 Å². The van der Waals surface area contributed by atoms with Crippen molar-refractivity contribution in [1.29, 1.82) is 0 Å². The third kappa shape index (κ3) is 6.30. The van der Waals surface area contributed by atoms with Crippen LogP contribution in [0.1, 0.15) is 51.5 Å². The lowest BCUT2D eigenvalue weighted by molar-refractivity contribution is -0.139. The first-order valence-electron chi connectivity index (χ1n) is 8.10. The molecule has 0 heterocycles. The Morgan fingerprint density at radius 2 is 1.78 bits per heavy atom. The summed E-state index contributed by atoms with van der Waals surface area (Å²) in [5.41, 5.74) is 0.518. The van der Waals surface area contributed by atoms with E-state index in [1.807, 2.05) is 38.1 Å². The number of carbonyl (C=O) groups is 2. The second-order valence-electron chi connectivity index (χ2n) is 5.81. The Hall–Kier alpha value is -2.04. The van der Waals surface area contributed by atoms with Gasteiger partial charge in [-0.2, -0.15) is 0 Å². The molecule has 0 aliphatic rings. The lowest BCUT2D eigenvalue weighted by Crippen LogP contribution is -2.49. The van der Waals surface area contributed by atoms with Gasteiger partial charge >= 0.3 is 5.97 Å². The summed E-state index contributed by atoms with van der Waals surface area (Å²) in [6.45, 7) is 3.81. The Kier molecular flexibility index (Phi) is 7.59. The molecule has 0 radical (unpaired) electrons. The molecule has 0 saturated carbocycles. The highest BCUT2D eigenvalue weighted by Crippen LogP contribution is 2.20. The molecule has 1 rings (SSSR count). The molecule has 128 valence electrons. The number of carboxylic acids is 1. The first kappa shape index (κ1) is 19.0. The fourth-order valence-corrected chi connectivity index (χ4v) is 2.61. The molecule has 1 aromatic rings. The largest absolute Gasteiger partial charge is 0.497 e. The highest BCUT2D eigenvalue weighted by Gasteiger charge is 2.30. The van der Waals surface area contributed by atoms with E-state index in [0.717, 1.165) is 24.2 Å². The number of rotatable bonds is 10. The van der Waals surface area contributed by atoms with Crippen molar-refractivity contribution in [3.8, 4) is 5.75 Å². The van der Waals surface area contributed by atoms with E-state index in [-0.39, 0.29) is 12.3 Å². The van der Waals surface area contributed by atoms with Gasteiger partial charge in [-0.25, -0.2) is 0 Å². The topological polar surface area (TPSA) is 75.6 Å². The van der Waals surface area contributed by atoms with Crippen LogP contribution in [0, 0.1) is 0 Å². The minimum atomic E-state index is -0.882. The average Bonchev–Trinajstić information content (AvgIpc) is 2.54. The molecule has 0 atom stereocenters. The predicted molar refractivity (Wildman–Crippen MR) is 89.6 cm³/mol. The summed E-state index contributed by atoms with van der Waals surface area (Å²) in [5, 5.41) is 12.0. The maximum Gasteiger partial charge on any atom is 0.305 e. The third-order valence-electron chi connectivity index (χ3n) is 4.28. The van der Waals surface area contributed by atoms with E-state index in [0.29, 0.717) is 19.3 Å². The van der Waals surface area contributed by atoms with Gasteiger partial charge in [0.25, 0.3) is 0 Å². The number of methoxy groups -OCH3 is 1. The van der Waals surface area contributed by atoms with Crippen molar-refractivity contribution >= 4 is 11.9 Å². The van der Waals surface area contributed by atoms with Gasteiger partial charge in [-0.15, -0.1) is 0 Å². The van der Waals surface area contributed by atoms with Crippen LogP contribution in [0.3, 0.4) is 0 Å². The van der Waals surface area contributed by atoms with Gasteiger partial charge in [0.1, 0.15) is 5.75 Å². The second-order valence-corrected chi connectivity index (χ2v) is 5.81. The molecule has 0 spiro atoms. The Morgan fingerprint density at radius 1 is 1.17 bits per heavy atom. The first-order chi connectivity index (χ1) is 10.9. The minimum absolute atomic E-state index is 0.0375. The van der Waals surface area contributed by atoms with Gasteiger partial charge in [-0.05, 0) is 43.4 Å². The standard InChI is InChI=1S/C18H27NO4/c1-4-18(5-2,13-17(21)22)19-16(20)8-6-7-14-9-11-15(23-3)12-10-14/h9-12H,4-8,13H2,1-3H3,(H,19,20)(H,21,22). The molecule has 0 aromatic heterocycles. The second kappa shape index (κ2) is 9.18. The average molecular weight is 321 g/mol. The smallest absolute Gasteiger partial charge is 0.305 e. The maximum atomic E-state index is 12.1. The van der Waals surface area contributed by atoms with Gasteiger partial charge in [0.2, 0.25) is 5.91 Å². The van der Waals surface area contributed by atoms with E-state index in [1.165, 1.54) is 0 Å². The lowest BCUT2D eigenvalue weighted by atomic mass is 9.88. The molecule has 5 nitrogen and oxygen atoms in total. The van der Waals surface area contributed by atoms with Crippen molar-refractivity contribution < 1.29 is 19.4 Å². The van der Waals surface area contributed by atoms with Crippen molar-refractivity contribution in [2.75, 3.05) is 7.11 Å². The minimum Gasteiger partial charge on any atom is -0.497 e. The number of aryl methyl sites for hydroxylation is 1. The highest BCUT2D eigenvalue weighted by molar-refractivity contribution is 5.78. The van der Waals surface area contributed by atoms with Crippen molar-refractivity contribution in [1.82, 2.24) is 5.32 Å². The normalized spacial score (nSPS) is 11.1. The molecule has 0 aliphatic heterocycles. The number of carboxylic acid groups (broad SMARTS) is 1. The van der Waals surface area contributed by atoms with Crippen LogP contribution in [-0.2, 0) is 16.0 Å². The highest BCUT2D eigenvalue weighted by atomic mass is 16.5. The third-order valence-corrected chi connectivity index (χ3v) is 4.28. The summed E-state index contributed by atoms with van der Waals surface area (Å²) in [6, 6.07) is 7.79. The molecule has 0 unspecified atom stereocenters. The molecule has 0 bridgehead atoms. The van der Waals surface area contributed by atoms with E-state index >= 15 is 0 Å². The van der Waals surface area contributed by atoms with E-state index in [4.69, 9.17) is 9.84 Å². The molecule has 23 heavy (non-hydrogen) atoms. The van der Waals surface area contributed by atoms with Crippen molar-refractivity contribution in [2.24, 2.45) is 0 Å². The van der Waals surface area contributed by atoms with E-state index in [2.05, 4.69) is 5.32 Å². The van der Waals surface area contributed by atoms with Gasteiger partial charge in [0.05, 0.1) is 13.5 Å². The van der Waals surface area contributed by atoms with Crippen LogP contribution in [0.15, 0.2) is 24.3 Å². The van der Waals surface area contributed by atoms with Gasteiger partial charge in [0, 0.05) is 12.0 Å². The molecule has 0 saturated heterocycles. The predicted octanol–water partition coefficient (Wildman–Crippen LogP) is 3.17. The Labute approximate surface area is 138 Å². The van der Waals surface area contributed by atoms with Crippen LogP contribution in [-0.4, -0.2) is 29.6 Å². The van der Waals surface area contributed by atoms with Crippen LogP contribution in [0.5, 0.6) is 5.75 Å². The summed E-state index contributed by atoms with van der Waals surface area (Å²) >= 11 is 0. The monoisotopic (exact) mass is 321 g/mol. The van der Waals surface area contributed by atoms with Crippen molar-refractivity contribution in [3.63, 3.8) is 0 Å². The van der Waals surface area contributed by atoms with Gasteiger partial charge < -0.3 is 15.2 Å². The van der Waals surface area contributed by atoms with Crippen LogP contribution in [0.25, 0.3) is 0 Å². The van der Waals surface area contributed by atoms with E-state index in [1.54, 1.807) is 7.11 Å². The molecule has 1 aromatic carbocycles. The van der Waals surface area contributed by atoms with Crippen molar-refractivity contribution in [2.45, 2.75) is 57.9 Å². The van der Waals surface area contributed by atoms with Crippen LogP contribution < -0.4 is 10.1 Å². The molecular weight excluding hydrogens is 294 g/mol. The summed E-state index contributed by atoms with van der Waals surface area (Å²) in [4.78, 5) is 23.1. The van der Waals surface area contributed by atoms with Gasteiger partial charge in [-0.1, -0.05) is 26.0 Å². The SMILES string of the molecule is CCC(CC)(CC(=O)O)NC(=O)CCCc1ccc(OC)cc1. The number of carbonyl (C=O) groups excluding carboxylic acids is 1. The van der Waals surface area contributed by atoms with E-state index < -0.39 is 11.5 Å². The number of benzene rings is 1. The molecule has 0 fully saturated rings. The molecule has 2 N–H and O–H groups in total. The Morgan fingerprint density at radius 3 is 2.26 bits per heavy atom. The number of ether oxygens (including phenoxy) is 1. The van der Waals surface area contributed by atoms with Crippen LogP contribution >= 0.6 is 0 Å². The summed E-state index contributed by atoms with van der Waals surface area (Å²) in [5.74, 6) is -0.147. The first-order valence-corrected chi connectivity index (χ1v) is 8.10. The molecule has 5 heteroatoms. The fourth-order valence-electron chi connectivity index (χ4n) is 2.61. The summed E-state index contributed by atoms with van der Waals surface area (Å²) in [6.07, 6.45) is 3.12. The number of amides is 1. The van der Waals surface area contributed by atoms with Crippen LogP contribution in [0.2, 0.25) is 0 Å². The zero-order valence-corrected chi connectivity index (χ0v) is 14.2. The molecule has 1 amide bonds. The maximum absolute atomic E-state index is 12.1. The zero-order chi connectivity index (χ0) is 17.3. The molecule has 0 aliphatic carbocycles. The zero-order valence-electron chi connectivity index (χ0n) is 14.2. The number of nitrogens with one attached hydrogen (secondary N) is 1. The number of hydrogen-bond donors (Lipinski definition) is 2.